The molecule has 1 aliphatic heterocycles. The van der Waals surface area contributed by atoms with Gasteiger partial charge in [-0.25, -0.2) is 0 Å². The molecule has 156 valence electrons. The number of carbonyl (C=O) groups excluding carboxylic acids is 1. The lowest BCUT2D eigenvalue weighted by molar-refractivity contribution is -0.274. The number of carbonyl (C=O) groups is 1. The number of alkyl halides is 3. The lowest BCUT2D eigenvalue weighted by Gasteiger charge is -2.25. The fraction of sp³-hybridized carbons (Fsp3) is 0.350. The minimum atomic E-state index is -4.76. The molecule has 0 N–H and O–H groups in total. The van der Waals surface area contributed by atoms with E-state index in [1.165, 1.54) is 30.0 Å². The molecule has 2 aromatic rings. The van der Waals surface area contributed by atoms with Gasteiger partial charge < -0.3 is 19.1 Å². The number of benzene rings is 2. The predicted octanol–water partition coefficient (Wildman–Crippen LogP) is 4.42. The molecule has 2 aromatic carbocycles. The third-order valence-corrected chi connectivity index (χ3v) is 5.69. The lowest BCUT2D eigenvalue weighted by atomic mass is 10.1. The van der Waals surface area contributed by atoms with Gasteiger partial charge in [-0.05, 0) is 41.8 Å². The van der Waals surface area contributed by atoms with Crippen LogP contribution >= 0.6 is 11.8 Å². The minimum absolute atomic E-state index is 0.0531. The van der Waals surface area contributed by atoms with Crippen molar-refractivity contribution < 1.29 is 32.2 Å². The van der Waals surface area contributed by atoms with Crippen LogP contribution in [0.4, 0.5) is 13.2 Å². The Morgan fingerprint density at radius 2 is 1.86 bits per heavy atom. The van der Waals surface area contributed by atoms with Gasteiger partial charge in [0.25, 0.3) is 0 Å². The summed E-state index contributed by atoms with van der Waals surface area (Å²) in [5.74, 6) is 1.14. The van der Waals surface area contributed by atoms with Crippen molar-refractivity contribution in [3.05, 3.63) is 53.6 Å². The van der Waals surface area contributed by atoms with Crippen LogP contribution in [0.3, 0.4) is 0 Å². The number of ether oxygens (including phenoxy) is 3. The maximum absolute atomic E-state index is 12.5. The Hall–Kier alpha value is -2.55. The monoisotopic (exact) mass is 427 g/mol. The molecule has 1 amide bonds. The smallest absolute Gasteiger partial charge is 0.493 e. The van der Waals surface area contributed by atoms with Crippen molar-refractivity contribution in [2.45, 2.75) is 18.2 Å². The maximum atomic E-state index is 12.5. The normalized spacial score (nSPS) is 16.8. The SMILES string of the molecule is COc1ccc(CCN2C(=O)CSC2c2cccc(OC(F)(F)F)c2)cc1OC. The number of methoxy groups -OCH3 is 2. The van der Waals surface area contributed by atoms with Crippen molar-refractivity contribution in [3.63, 3.8) is 0 Å². The summed E-state index contributed by atoms with van der Waals surface area (Å²) in [5, 5.41) is -0.362. The van der Waals surface area contributed by atoms with Crippen LogP contribution in [0.15, 0.2) is 42.5 Å². The van der Waals surface area contributed by atoms with Crippen molar-refractivity contribution in [3.8, 4) is 17.2 Å². The van der Waals surface area contributed by atoms with Crippen LogP contribution in [0.1, 0.15) is 16.5 Å². The first-order valence-corrected chi connectivity index (χ1v) is 9.83. The van der Waals surface area contributed by atoms with Gasteiger partial charge in [0.1, 0.15) is 11.1 Å². The van der Waals surface area contributed by atoms with E-state index in [1.807, 2.05) is 12.1 Å². The average molecular weight is 427 g/mol. The predicted molar refractivity (Wildman–Crippen MR) is 103 cm³/mol. The van der Waals surface area contributed by atoms with Crippen LogP contribution in [0.2, 0.25) is 0 Å². The highest BCUT2D eigenvalue weighted by Crippen LogP contribution is 2.40. The minimum Gasteiger partial charge on any atom is -0.493 e. The average Bonchev–Trinajstić information content (AvgIpc) is 3.05. The Bertz CT molecular complexity index is 875. The highest BCUT2D eigenvalue weighted by Gasteiger charge is 2.34. The van der Waals surface area contributed by atoms with E-state index < -0.39 is 6.36 Å². The van der Waals surface area contributed by atoms with Crippen LogP contribution < -0.4 is 14.2 Å². The number of halogens is 3. The Kier molecular flexibility index (Phi) is 6.46. The van der Waals surface area contributed by atoms with Gasteiger partial charge in [0.05, 0.1) is 20.0 Å². The van der Waals surface area contributed by atoms with Crippen LogP contribution in [0.25, 0.3) is 0 Å². The summed E-state index contributed by atoms with van der Waals surface area (Å²) in [4.78, 5) is 14.0. The molecule has 0 aliphatic carbocycles. The van der Waals surface area contributed by atoms with Crippen LogP contribution in [0, 0.1) is 0 Å². The van der Waals surface area contributed by atoms with Gasteiger partial charge in [0.2, 0.25) is 5.91 Å². The Balaban J connectivity index is 1.74. The Morgan fingerprint density at radius 3 is 2.55 bits per heavy atom. The summed E-state index contributed by atoms with van der Waals surface area (Å²) in [6.45, 7) is 0.427. The number of hydrogen-bond acceptors (Lipinski definition) is 5. The van der Waals surface area contributed by atoms with Crippen molar-refractivity contribution >= 4 is 17.7 Å². The van der Waals surface area contributed by atoms with Crippen molar-refractivity contribution in [1.82, 2.24) is 4.90 Å². The second-order valence-electron chi connectivity index (χ2n) is 6.31. The van der Waals surface area contributed by atoms with Gasteiger partial charge in [-0.15, -0.1) is 24.9 Å². The number of thioether (sulfide) groups is 1. The third kappa shape index (κ3) is 5.29. The van der Waals surface area contributed by atoms with E-state index in [0.29, 0.717) is 30.0 Å². The summed E-state index contributed by atoms with van der Waals surface area (Å²) >= 11 is 1.38. The standard InChI is InChI=1S/C20H20F3NO4S/c1-26-16-7-6-13(10-17(16)27-2)8-9-24-18(25)12-29-19(24)14-4-3-5-15(11-14)28-20(21,22)23/h3-7,10-11,19H,8-9,12H2,1-2H3. The second kappa shape index (κ2) is 8.86. The molecule has 1 heterocycles. The largest absolute Gasteiger partial charge is 0.573 e. The van der Waals surface area contributed by atoms with Gasteiger partial charge in [-0.2, -0.15) is 0 Å². The quantitative estimate of drug-likeness (QED) is 0.655. The fourth-order valence-electron chi connectivity index (χ4n) is 3.12. The molecular formula is C20H20F3NO4S. The van der Waals surface area contributed by atoms with E-state index in [2.05, 4.69) is 4.74 Å². The maximum Gasteiger partial charge on any atom is 0.573 e. The zero-order valence-electron chi connectivity index (χ0n) is 15.9. The van der Waals surface area contributed by atoms with Crippen LogP contribution in [-0.4, -0.2) is 43.7 Å². The van der Waals surface area contributed by atoms with E-state index in [9.17, 15) is 18.0 Å². The number of hydrogen-bond donors (Lipinski definition) is 0. The molecule has 29 heavy (non-hydrogen) atoms. The molecule has 1 atom stereocenters. The molecule has 1 unspecified atom stereocenters. The van der Waals surface area contributed by atoms with Gasteiger partial charge in [0.15, 0.2) is 11.5 Å². The Morgan fingerprint density at radius 1 is 1.10 bits per heavy atom. The molecule has 0 bridgehead atoms. The van der Waals surface area contributed by atoms with Gasteiger partial charge >= 0.3 is 6.36 Å². The van der Waals surface area contributed by atoms with Gasteiger partial charge in [-0.3, -0.25) is 4.79 Å². The van der Waals surface area contributed by atoms with Crippen LogP contribution in [0.5, 0.6) is 17.2 Å². The van der Waals surface area contributed by atoms with E-state index in [4.69, 9.17) is 9.47 Å². The molecular weight excluding hydrogens is 407 g/mol. The zero-order valence-corrected chi connectivity index (χ0v) is 16.7. The number of amides is 1. The number of rotatable bonds is 7. The molecule has 0 saturated carbocycles. The molecule has 0 aromatic heterocycles. The van der Waals surface area contributed by atoms with Crippen molar-refractivity contribution in [1.29, 1.82) is 0 Å². The Labute approximate surface area is 170 Å². The molecule has 5 nitrogen and oxygen atoms in total. The molecule has 0 spiro atoms. The first kappa shape index (κ1) is 21.2. The molecule has 1 fully saturated rings. The van der Waals surface area contributed by atoms with E-state index in [-0.39, 0.29) is 22.8 Å². The van der Waals surface area contributed by atoms with Crippen molar-refractivity contribution in [2.24, 2.45) is 0 Å². The van der Waals surface area contributed by atoms with Crippen LogP contribution in [-0.2, 0) is 11.2 Å². The summed E-state index contributed by atoms with van der Waals surface area (Å²) in [6.07, 6.45) is -4.19. The van der Waals surface area contributed by atoms with Gasteiger partial charge in [0, 0.05) is 6.54 Å². The van der Waals surface area contributed by atoms with E-state index in [0.717, 1.165) is 5.56 Å². The lowest BCUT2D eigenvalue weighted by Crippen LogP contribution is -2.30. The third-order valence-electron chi connectivity index (χ3n) is 4.43. The van der Waals surface area contributed by atoms with Gasteiger partial charge in [-0.1, -0.05) is 18.2 Å². The summed E-state index contributed by atoms with van der Waals surface area (Å²) in [6, 6.07) is 11.3. The molecule has 3 rings (SSSR count). The fourth-order valence-corrected chi connectivity index (χ4v) is 4.33. The van der Waals surface area contributed by atoms with Crippen molar-refractivity contribution in [2.75, 3.05) is 26.5 Å². The summed E-state index contributed by atoms with van der Waals surface area (Å²) in [5.41, 5.74) is 1.55. The van der Waals surface area contributed by atoms with E-state index in [1.54, 1.807) is 31.3 Å². The molecule has 1 aliphatic rings. The highest BCUT2D eigenvalue weighted by molar-refractivity contribution is 8.00. The highest BCUT2D eigenvalue weighted by atomic mass is 32.2. The second-order valence-corrected chi connectivity index (χ2v) is 7.38. The summed E-state index contributed by atoms with van der Waals surface area (Å²) in [7, 11) is 3.10. The number of nitrogens with zero attached hydrogens (tertiary/aromatic N) is 1. The molecule has 1 saturated heterocycles. The zero-order chi connectivity index (χ0) is 21.0. The van der Waals surface area contributed by atoms with E-state index >= 15 is 0 Å². The summed E-state index contributed by atoms with van der Waals surface area (Å²) < 4.78 is 52.0. The molecule has 0 radical (unpaired) electrons. The first-order chi connectivity index (χ1) is 13.8. The molecule has 9 heteroatoms. The first-order valence-electron chi connectivity index (χ1n) is 8.78. The topological polar surface area (TPSA) is 48.0 Å².